The zero-order chi connectivity index (χ0) is 47.2. The van der Waals surface area contributed by atoms with E-state index in [1.54, 1.807) is 324 Å². The Morgan fingerprint density at radius 1 is 0.299 bits per heavy atom. The Morgan fingerprint density at radius 3 is 0.675 bits per heavy atom. The molecule has 0 heterocycles. The van der Waals surface area contributed by atoms with Crippen LogP contribution in [0.5, 0.6) is 0 Å². The van der Waals surface area contributed by atoms with Crippen LogP contribution in [0.15, 0.2) is 30.3 Å². The van der Waals surface area contributed by atoms with E-state index in [0.717, 1.165) is 12.8 Å². The van der Waals surface area contributed by atoms with E-state index in [2.05, 4.69) is 30.3 Å². The summed E-state index contributed by atoms with van der Waals surface area (Å²) < 4.78 is 6.23. The van der Waals surface area contributed by atoms with Gasteiger partial charge in [-0.15, -0.1) is 0 Å². The van der Waals surface area contributed by atoms with Crippen molar-refractivity contribution in [2.45, 2.75) is 51.0 Å². The molecule has 0 N–H and O–H groups in total. The number of esters is 1. The number of hydrogen-bond donors (Lipinski definition) is 0. The Morgan fingerprint density at radius 2 is 0.481 bits per heavy atom. The molecule has 0 fully saturated rings. The summed E-state index contributed by atoms with van der Waals surface area (Å²) in [5, 5.41) is 93.0. The van der Waals surface area contributed by atoms with Crippen LogP contribution >= 0.6 is 0 Å². The molecule has 332 valence electrons. The molecule has 0 aromatic heterocycles. The van der Waals surface area contributed by atoms with Gasteiger partial charge in [-0.25, -0.2) is 0 Å². The molecule has 0 amide bonds. The first kappa shape index (κ1) is 31.1. The lowest BCUT2D eigenvalue weighted by Gasteiger charge is -2.42. The van der Waals surface area contributed by atoms with Crippen LogP contribution in [0.25, 0.3) is 312 Å². The SMILES string of the molecule is CC(C)(C)OC(=O)CCCC1(c2ccccc2)c2c3c4c5c1c1c6c7c2c2c8c3c3c9c4c4c%10c5c5c1c1c6c6c%11c7c2c2c7c8c3c3c8c9c4c4c9c%10c5c5c1c1c6c6c%11c2c2c7c3c3c8c4c4c9c5c1c1c6c2c3c41. The monoisotopic (exact) mass is 952 g/mol. The molecule has 2 heteroatoms. The minimum absolute atomic E-state index is 0.0821. The van der Waals surface area contributed by atoms with Crippen molar-refractivity contribution in [3.05, 3.63) is 47.0 Å². The van der Waals surface area contributed by atoms with Gasteiger partial charge in [0.2, 0.25) is 0 Å². The highest BCUT2D eigenvalue weighted by molar-refractivity contribution is 6.84. The van der Waals surface area contributed by atoms with Crippen molar-refractivity contribution in [3.8, 4) is 0 Å². The highest BCUT2D eigenvalue weighted by atomic mass is 16.6. The smallest absolute Gasteiger partial charge is 0.306 e. The van der Waals surface area contributed by atoms with Gasteiger partial charge >= 0.3 is 5.97 Å². The zero-order valence-corrected chi connectivity index (χ0v) is 40.8. The average Bonchev–Trinajstić information content (AvgIpc) is 1.75. The Bertz CT molecular complexity index is 7420. The van der Waals surface area contributed by atoms with Crippen LogP contribution in [0.1, 0.15) is 56.7 Å². The van der Waals surface area contributed by atoms with Crippen molar-refractivity contribution in [2.24, 2.45) is 0 Å². The van der Waals surface area contributed by atoms with Gasteiger partial charge in [0.15, 0.2) is 0 Å². The van der Waals surface area contributed by atoms with Gasteiger partial charge in [-0.05, 0) is 363 Å². The molecule has 0 saturated carbocycles. The summed E-state index contributed by atoms with van der Waals surface area (Å²) in [6.45, 7) is 6.07. The number of fused-ring (bicyclic) bond motifs is 5. The van der Waals surface area contributed by atoms with Crippen LogP contribution in [0, 0.1) is 0 Å². The second-order valence-corrected chi connectivity index (χ2v) is 28.2. The number of rotatable bonds is 5. The summed E-state index contributed by atoms with van der Waals surface area (Å²) in [6, 6.07) is 12.0. The highest BCUT2D eigenvalue weighted by Crippen LogP contribution is 2.81. The van der Waals surface area contributed by atoms with Crippen LogP contribution in [0.4, 0.5) is 0 Å². The molecular weight excluding hydrogens is 933 g/mol. The predicted octanol–water partition coefficient (Wildman–Crippen LogP) is 20.9. The molecule has 2 nitrogen and oxygen atoms in total. The molecule has 31 aromatic carbocycles. The molecule has 0 aliphatic heterocycles. The van der Waals surface area contributed by atoms with Gasteiger partial charge in [-0.2, -0.15) is 0 Å². The van der Waals surface area contributed by atoms with Crippen LogP contribution in [-0.4, -0.2) is 11.6 Å². The molecule has 77 heavy (non-hydrogen) atoms. The second kappa shape index (κ2) is 7.42. The number of carbonyl (C=O) groups excluding carboxylic acids is 1. The third-order valence-electron chi connectivity index (χ3n) is 25.7. The van der Waals surface area contributed by atoms with Crippen LogP contribution in [0.3, 0.4) is 0 Å². The second-order valence-electron chi connectivity index (χ2n) is 28.2. The maximum atomic E-state index is 14.3. The molecule has 32 rings (SSSR count). The van der Waals surface area contributed by atoms with Crippen LogP contribution in [-0.2, 0) is 14.9 Å². The van der Waals surface area contributed by atoms with E-state index in [1.165, 1.54) is 5.56 Å². The number of benzene rings is 20. The summed E-state index contributed by atoms with van der Waals surface area (Å²) in [5.74, 6) is -0.0821. The first-order valence-electron chi connectivity index (χ1n) is 28.7. The Hall–Kier alpha value is -9.11. The predicted molar refractivity (Wildman–Crippen MR) is 327 cm³/mol. The number of carbonyl (C=O) groups is 1. The van der Waals surface area contributed by atoms with Crippen molar-refractivity contribution in [2.75, 3.05) is 0 Å². The largest absolute Gasteiger partial charge is 0.460 e. The lowest BCUT2D eigenvalue weighted by Crippen LogP contribution is -2.32. The van der Waals surface area contributed by atoms with Crippen LogP contribution < -0.4 is 0 Å². The van der Waals surface area contributed by atoms with Gasteiger partial charge in [0.05, 0.1) is 0 Å². The molecule has 31 aromatic rings. The molecule has 0 saturated heterocycles. The Labute approximate surface area is 423 Å². The number of ether oxygens (including phenoxy) is 1. The fourth-order valence-electron chi connectivity index (χ4n) is 25.3. The first-order valence-corrected chi connectivity index (χ1v) is 28.7. The van der Waals surface area contributed by atoms with Gasteiger partial charge < -0.3 is 4.74 Å². The molecule has 0 spiro atoms. The fraction of sp³-hybridized carbons (Fsp3) is 0.107. The standard InChI is InChI=1S/C75H20O2/c1-74(2,3)77-13(76)10-7-11-75(12-8-5-4-6-9-12)72-68-61-54-42-34-25-16-14-15-17-20(16)29-36(34)44-45-37(29)35-26(17)28-24-19(15)22-21-18(14)23-27(25)40(42)48-46-32(23)30(21)38-39-31(22)33(24)47-49-41(28)43(35)55-57(45)66(65(68)56(44)54)69-62(55)60(49)64-53(47)51(39)58-50(38)52(46)63(59(48)61)70(72)67(58)71(64)73(69)75/h4-6,8-9H,7,10-11H2,1-3H3. The number of hydrogen-bond acceptors (Lipinski definition) is 2. The van der Waals surface area contributed by atoms with Crippen molar-refractivity contribution in [1.82, 2.24) is 0 Å². The van der Waals surface area contributed by atoms with E-state index in [0.29, 0.717) is 6.42 Å². The third kappa shape index (κ3) is 1.90. The normalized spacial score (nSPS) is 17.6. The molecule has 0 radical (unpaired) electrons. The van der Waals surface area contributed by atoms with Crippen molar-refractivity contribution >= 4 is 318 Å². The van der Waals surface area contributed by atoms with Gasteiger partial charge in [-0.3, -0.25) is 4.79 Å². The van der Waals surface area contributed by atoms with E-state index in [-0.39, 0.29) is 5.97 Å². The summed E-state index contributed by atoms with van der Waals surface area (Å²) >= 11 is 0. The average molecular weight is 953 g/mol. The van der Waals surface area contributed by atoms with Crippen molar-refractivity contribution < 1.29 is 9.53 Å². The Balaban J connectivity index is 1.09. The zero-order valence-electron chi connectivity index (χ0n) is 40.8. The highest BCUT2D eigenvalue weighted by Gasteiger charge is 2.55. The minimum atomic E-state index is -0.554. The minimum Gasteiger partial charge on any atom is -0.460 e. The lowest BCUT2D eigenvalue weighted by molar-refractivity contribution is -0.154. The molecule has 0 unspecified atom stereocenters. The van der Waals surface area contributed by atoms with Gasteiger partial charge in [0, 0.05) is 11.8 Å². The topological polar surface area (TPSA) is 26.3 Å². The van der Waals surface area contributed by atoms with E-state index in [1.807, 2.05) is 20.8 Å². The molecule has 1 aliphatic rings. The quantitative estimate of drug-likeness (QED) is 0.127. The van der Waals surface area contributed by atoms with E-state index in [9.17, 15) is 4.79 Å². The summed E-state index contributed by atoms with van der Waals surface area (Å²) in [5.41, 5.74) is 3.45. The summed E-state index contributed by atoms with van der Waals surface area (Å²) in [7, 11) is 0. The Kier molecular flexibility index (Phi) is 2.99. The van der Waals surface area contributed by atoms with E-state index in [4.69, 9.17) is 4.74 Å². The van der Waals surface area contributed by atoms with Crippen molar-refractivity contribution in [1.29, 1.82) is 0 Å². The van der Waals surface area contributed by atoms with Gasteiger partial charge in [0.1, 0.15) is 5.60 Å². The van der Waals surface area contributed by atoms with E-state index < -0.39 is 11.0 Å². The fourth-order valence-corrected chi connectivity index (χ4v) is 25.3. The summed E-state index contributed by atoms with van der Waals surface area (Å²) in [4.78, 5) is 14.3. The molecule has 0 bridgehead atoms. The third-order valence-corrected chi connectivity index (χ3v) is 25.7. The van der Waals surface area contributed by atoms with Crippen molar-refractivity contribution in [3.63, 3.8) is 0 Å². The molecular formula is C75H20O2. The first-order chi connectivity index (χ1) is 38.0. The summed E-state index contributed by atoms with van der Waals surface area (Å²) in [6.07, 6.45) is 1.96. The van der Waals surface area contributed by atoms with Crippen LogP contribution in [0.2, 0.25) is 0 Å². The molecule has 0 atom stereocenters. The molecule has 1 aliphatic carbocycles. The van der Waals surface area contributed by atoms with Gasteiger partial charge in [-0.1, -0.05) is 30.3 Å². The van der Waals surface area contributed by atoms with Gasteiger partial charge in [0.25, 0.3) is 0 Å². The maximum absolute atomic E-state index is 14.3. The van der Waals surface area contributed by atoms with E-state index >= 15 is 0 Å². The maximum Gasteiger partial charge on any atom is 0.306 e. The lowest BCUT2D eigenvalue weighted by atomic mass is 9.59.